The predicted octanol–water partition coefficient (Wildman–Crippen LogP) is 5.00. The molecule has 1 aliphatic carbocycles. The van der Waals surface area contributed by atoms with Gasteiger partial charge in [-0.1, -0.05) is 50.6 Å². The van der Waals surface area contributed by atoms with Crippen molar-refractivity contribution in [2.24, 2.45) is 0 Å². The van der Waals surface area contributed by atoms with Crippen molar-refractivity contribution in [3.63, 3.8) is 0 Å². The van der Waals surface area contributed by atoms with E-state index in [-0.39, 0.29) is 24.1 Å². The number of halogens is 1. The number of aryl methyl sites for hydroxylation is 2. The lowest BCUT2D eigenvalue weighted by Crippen LogP contribution is -2.43. The van der Waals surface area contributed by atoms with Gasteiger partial charge in [-0.05, 0) is 61.4 Å². The van der Waals surface area contributed by atoms with Crippen molar-refractivity contribution in [2.45, 2.75) is 77.5 Å². The molecule has 5 rings (SSSR count). The predicted molar refractivity (Wildman–Crippen MR) is 150 cm³/mol. The largest absolute Gasteiger partial charge is 0.479 e. The zero-order valence-electron chi connectivity index (χ0n) is 23.3. The summed E-state index contributed by atoms with van der Waals surface area (Å²) in [6.07, 6.45) is 1.51. The molecule has 4 aromatic rings. The number of nitrogens with zero attached hydrogens (tertiary/aromatic N) is 5. The zero-order chi connectivity index (χ0) is 29.3. The molecule has 0 radical (unpaired) electrons. The molecule has 2 aromatic heterocycles. The summed E-state index contributed by atoms with van der Waals surface area (Å²) in [7, 11) is 0. The van der Waals surface area contributed by atoms with E-state index in [9.17, 15) is 20.0 Å². The van der Waals surface area contributed by atoms with Crippen LogP contribution in [0, 0.1) is 24.1 Å². The molecule has 10 heteroatoms. The van der Waals surface area contributed by atoms with Gasteiger partial charge in [0.15, 0.2) is 6.10 Å². The standard InChI is InChI=1S/C31H32FN5O4/c1-4-8-27-25(13-20-12-11-19(14-26(20)32)24-10-7-6-9-21(24)17-33)29(38)36(31-34-18(3)35-37(27)31)22-15-23(16-22)41-28(5-2)30(39)40/h6-7,9-12,14,22-23,28H,4-5,8,13,15-16H2,1-3H3,(H,39,40). The van der Waals surface area contributed by atoms with Crippen molar-refractivity contribution < 1.29 is 19.0 Å². The number of carboxylic acid groups (broad SMARTS) is 1. The average molecular weight is 558 g/mol. The van der Waals surface area contributed by atoms with Crippen LogP contribution in [0.15, 0.2) is 47.3 Å². The molecule has 1 N–H and O–H groups in total. The molecule has 1 aliphatic rings. The van der Waals surface area contributed by atoms with Crippen LogP contribution in [0.25, 0.3) is 16.9 Å². The van der Waals surface area contributed by atoms with Gasteiger partial charge in [0, 0.05) is 18.0 Å². The van der Waals surface area contributed by atoms with Gasteiger partial charge >= 0.3 is 5.97 Å². The summed E-state index contributed by atoms with van der Waals surface area (Å²) in [5, 5.41) is 23.4. The Bertz CT molecular complexity index is 1710. The number of rotatable bonds is 10. The van der Waals surface area contributed by atoms with Crippen LogP contribution in [0.1, 0.15) is 73.8 Å². The number of ether oxygens (including phenoxy) is 1. The van der Waals surface area contributed by atoms with Gasteiger partial charge in [-0.25, -0.2) is 13.7 Å². The van der Waals surface area contributed by atoms with Gasteiger partial charge in [0.25, 0.3) is 5.56 Å². The fourth-order valence-electron chi connectivity index (χ4n) is 5.53. The van der Waals surface area contributed by atoms with Crippen LogP contribution in [-0.2, 0) is 22.4 Å². The van der Waals surface area contributed by atoms with Crippen LogP contribution in [-0.4, -0.2) is 42.4 Å². The third kappa shape index (κ3) is 5.37. The quantitative estimate of drug-likeness (QED) is 0.291. The number of fused-ring (bicyclic) bond motifs is 1. The van der Waals surface area contributed by atoms with Crippen molar-refractivity contribution in [2.75, 3.05) is 0 Å². The average Bonchev–Trinajstić information content (AvgIpc) is 3.32. The summed E-state index contributed by atoms with van der Waals surface area (Å²) in [5.41, 5.74) is 2.95. The van der Waals surface area contributed by atoms with Gasteiger partial charge in [0.1, 0.15) is 11.6 Å². The highest BCUT2D eigenvalue weighted by molar-refractivity contribution is 5.72. The number of carbonyl (C=O) groups is 1. The van der Waals surface area contributed by atoms with E-state index in [0.717, 1.165) is 6.42 Å². The lowest BCUT2D eigenvalue weighted by molar-refractivity contribution is -0.160. The van der Waals surface area contributed by atoms with Crippen LogP contribution >= 0.6 is 0 Å². The second-order valence-electron chi connectivity index (χ2n) is 10.5. The first kappa shape index (κ1) is 28.2. The second kappa shape index (κ2) is 11.6. The maximum absolute atomic E-state index is 15.5. The van der Waals surface area contributed by atoms with E-state index in [1.807, 2.05) is 6.92 Å². The molecule has 41 heavy (non-hydrogen) atoms. The van der Waals surface area contributed by atoms with Crippen LogP contribution < -0.4 is 5.56 Å². The molecule has 1 unspecified atom stereocenters. The molecule has 2 aromatic carbocycles. The molecule has 0 bridgehead atoms. The number of hydrogen-bond acceptors (Lipinski definition) is 6. The highest BCUT2D eigenvalue weighted by atomic mass is 19.1. The number of aliphatic carboxylic acids is 1. The Hall–Kier alpha value is -4.36. The van der Waals surface area contributed by atoms with E-state index in [0.29, 0.717) is 70.8 Å². The number of nitriles is 1. The molecular weight excluding hydrogens is 525 g/mol. The van der Waals surface area contributed by atoms with Crippen LogP contribution in [0.5, 0.6) is 0 Å². The Morgan fingerprint density at radius 3 is 2.66 bits per heavy atom. The van der Waals surface area contributed by atoms with E-state index < -0.39 is 17.9 Å². The molecular formula is C31H32FN5O4. The van der Waals surface area contributed by atoms with E-state index in [4.69, 9.17) is 4.74 Å². The second-order valence-corrected chi connectivity index (χ2v) is 10.5. The molecule has 1 atom stereocenters. The van der Waals surface area contributed by atoms with Crippen LogP contribution in [0.2, 0.25) is 0 Å². The van der Waals surface area contributed by atoms with Crippen molar-refractivity contribution in [1.29, 1.82) is 5.26 Å². The Morgan fingerprint density at radius 1 is 1.24 bits per heavy atom. The van der Waals surface area contributed by atoms with E-state index in [2.05, 4.69) is 16.2 Å². The van der Waals surface area contributed by atoms with E-state index in [1.165, 1.54) is 6.07 Å². The highest BCUT2D eigenvalue weighted by Crippen LogP contribution is 2.36. The lowest BCUT2D eigenvalue weighted by Gasteiger charge is -2.37. The van der Waals surface area contributed by atoms with Crippen molar-refractivity contribution in [3.8, 4) is 17.2 Å². The first-order valence-corrected chi connectivity index (χ1v) is 13.9. The van der Waals surface area contributed by atoms with Crippen LogP contribution in [0.4, 0.5) is 4.39 Å². The molecule has 2 heterocycles. The van der Waals surface area contributed by atoms with E-state index in [1.54, 1.807) is 59.3 Å². The highest BCUT2D eigenvalue weighted by Gasteiger charge is 2.37. The summed E-state index contributed by atoms with van der Waals surface area (Å²) in [4.78, 5) is 30.1. The van der Waals surface area contributed by atoms with E-state index >= 15 is 4.39 Å². The summed E-state index contributed by atoms with van der Waals surface area (Å²) >= 11 is 0. The molecule has 0 amide bonds. The summed E-state index contributed by atoms with van der Waals surface area (Å²) in [6.45, 7) is 5.53. The molecule has 212 valence electrons. The topological polar surface area (TPSA) is 123 Å². The zero-order valence-corrected chi connectivity index (χ0v) is 23.3. The maximum atomic E-state index is 15.5. The smallest absolute Gasteiger partial charge is 0.332 e. The number of benzene rings is 2. The lowest BCUT2D eigenvalue weighted by atomic mass is 9.88. The third-order valence-corrected chi connectivity index (χ3v) is 7.70. The number of carboxylic acids is 1. The molecule has 9 nitrogen and oxygen atoms in total. The molecule has 0 aliphatic heterocycles. The van der Waals surface area contributed by atoms with Gasteiger partial charge in [-0.2, -0.15) is 15.3 Å². The normalized spacial score (nSPS) is 17.2. The minimum Gasteiger partial charge on any atom is -0.479 e. The Kier molecular flexibility index (Phi) is 7.99. The van der Waals surface area contributed by atoms with Gasteiger partial charge < -0.3 is 9.84 Å². The van der Waals surface area contributed by atoms with Crippen molar-refractivity contribution in [3.05, 3.63) is 86.8 Å². The fourth-order valence-corrected chi connectivity index (χ4v) is 5.53. The maximum Gasteiger partial charge on any atom is 0.332 e. The molecule has 1 saturated carbocycles. The summed E-state index contributed by atoms with van der Waals surface area (Å²) in [6, 6.07) is 13.8. The fraction of sp³-hybridized carbons (Fsp3) is 0.387. The van der Waals surface area contributed by atoms with Gasteiger partial charge in [-0.15, -0.1) is 0 Å². The Morgan fingerprint density at radius 2 is 2.00 bits per heavy atom. The number of hydrogen-bond donors (Lipinski definition) is 1. The Balaban J connectivity index is 1.53. The monoisotopic (exact) mass is 557 g/mol. The van der Waals surface area contributed by atoms with Crippen molar-refractivity contribution in [1.82, 2.24) is 19.2 Å². The summed E-state index contributed by atoms with van der Waals surface area (Å²) < 4.78 is 24.6. The summed E-state index contributed by atoms with van der Waals surface area (Å²) in [5.74, 6) is -0.519. The first-order valence-electron chi connectivity index (χ1n) is 13.9. The van der Waals surface area contributed by atoms with Gasteiger partial charge in [-0.3, -0.25) is 9.36 Å². The minimum atomic E-state index is -1.00. The third-order valence-electron chi connectivity index (χ3n) is 7.70. The van der Waals surface area contributed by atoms with Gasteiger partial charge in [0.05, 0.1) is 23.4 Å². The first-order chi connectivity index (χ1) is 19.7. The molecule has 0 saturated heterocycles. The minimum absolute atomic E-state index is 0.0681. The van der Waals surface area contributed by atoms with Gasteiger partial charge in [0.2, 0.25) is 5.78 Å². The SMILES string of the molecule is CCCc1c(Cc2ccc(-c3ccccc3C#N)cc2F)c(=O)n(C2CC(OC(CC)C(=O)O)C2)c2nc(C)nn12. The Labute approximate surface area is 236 Å². The van der Waals surface area contributed by atoms with Crippen molar-refractivity contribution >= 4 is 11.7 Å². The molecule has 0 spiro atoms. The molecule has 1 fully saturated rings. The number of aromatic nitrogens is 4. The van der Waals surface area contributed by atoms with Crippen LogP contribution in [0.3, 0.4) is 0 Å².